The number of aromatic nitrogens is 2. The van der Waals surface area contributed by atoms with Gasteiger partial charge in [-0.1, -0.05) is 18.2 Å². The highest BCUT2D eigenvalue weighted by atomic mass is 16.1. The number of benzene rings is 2. The molecule has 4 aromatic rings. The molecule has 4 rings (SSSR count). The smallest absolute Gasteiger partial charge is 0.252 e. The number of hydrogen-bond donors (Lipinski definition) is 2. The second-order valence-corrected chi connectivity index (χ2v) is 6.80. The number of nitrogens with zero attached hydrogens (tertiary/aromatic N) is 2. The van der Waals surface area contributed by atoms with Crippen molar-refractivity contribution in [2.24, 2.45) is 5.73 Å². The third-order valence-electron chi connectivity index (χ3n) is 4.92. The Kier molecular flexibility index (Phi) is 4.49. The normalized spacial score (nSPS) is 10.8. The molecule has 0 aliphatic heterocycles. The minimum Gasteiger partial charge on any atom is -0.365 e. The lowest BCUT2D eigenvalue weighted by Gasteiger charge is -2.15. The average Bonchev–Trinajstić information content (AvgIpc) is 2.71. The van der Waals surface area contributed by atoms with Gasteiger partial charge in [-0.2, -0.15) is 0 Å². The SMILES string of the molecule is Cc1ccc(Nc2c(C(N)=O)cnc3cc(-c4ccncc4)ccc23)cc1C. The third kappa shape index (κ3) is 3.30. The van der Waals surface area contributed by atoms with Gasteiger partial charge in [0, 0.05) is 29.7 Å². The van der Waals surface area contributed by atoms with Crippen molar-refractivity contribution in [3.05, 3.63) is 83.8 Å². The van der Waals surface area contributed by atoms with E-state index in [2.05, 4.69) is 35.2 Å². The summed E-state index contributed by atoms with van der Waals surface area (Å²) in [6.07, 6.45) is 5.05. The van der Waals surface area contributed by atoms with Gasteiger partial charge in [0.05, 0.1) is 16.8 Å². The minimum atomic E-state index is -0.515. The van der Waals surface area contributed by atoms with Crippen LogP contribution in [0, 0.1) is 13.8 Å². The molecule has 1 amide bonds. The number of carbonyl (C=O) groups is 1. The average molecular weight is 368 g/mol. The van der Waals surface area contributed by atoms with Crippen LogP contribution in [0.1, 0.15) is 21.5 Å². The largest absolute Gasteiger partial charge is 0.365 e. The molecule has 0 unspecified atom stereocenters. The zero-order valence-corrected chi connectivity index (χ0v) is 15.7. The monoisotopic (exact) mass is 368 g/mol. The quantitative estimate of drug-likeness (QED) is 0.544. The van der Waals surface area contributed by atoms with E-state index in [0.29, 0.717) is 11.3 Å². The molecule has 0 aliphatic carbocycles. The molecule has 138 valence electrons. The predicted molar refractivity (Wildman–Crippen MR) is 113 cm³/mol. The molecule has 0 bridgehead atoms. The van der Waals surface area contributed by atoms with Crippen LogP contribution in [-0.2, 0) is 0 Å². The van der Waals surface area contributed by atoms with Crippen LogP contribution in [0.2, 0.25) is 0 Å². The molecule has 0 saturated heterocycles. The summed E-state index contributed by atoms with van der Waals surface area (Å²) in [5.41, 5.74) is 12.8. The molecule has 28 heavy (non-hydrogen) atoms. The fourth-order valence-electron chi connectivity index (χ4n) is 3.20. The van der Waals surface area contributed by atoms with E-state index in [1.165, 1.54) is 17.3 Å². The Morgan fingerprint density at radius 3 is 2.43 bits per heavy atom. The standard InChI is InChI=1S/C23H20N4O/c1-14-3-5-18(11-15(14)2)27-22-19-6-4-17(16-7-9-25-10-8-16)12-21(19)26-13-20(22)23(24)28/h3-13H,1-2H3,(H2,24,28)(H,26,27). The van der Waals surface area contributed by atoms with E-state index in [1.54, 1.807) is 12.4 Å². The summed E-state index contributed by atoms with van der Waals surface area (Å²) >= 11 is 0. The lowest BCUT2D eigenvalue weighted by atomic mass is 10.0. The van der Waals surface area contributed by atoms with Crippen molar-refractivity contribution in [1.82, 2.24) is 9.97 Å². The van der Waals surface area contributed by atoms with Gasteiger partial charge in [-0.3, -0.25) is 14.8 Å². The van der Waals surface area contributed by atoms with Gasteiger partial charge in [0.25, 0.3) is 5.91 Å². The zero-order chi connectivity index (χ0) is 19.7. The summed E-state index contributed by atoms with van der Waals surface area (Å²) in [4.78, 5) is 20.5. The van der Waals surface area contributed by atoms with E-state index < -0.39 is 5.91 Å². The van der Waals surface area contributed by atoms with Crippen LogP contribution in [0.5, 0.6) is 0 Å². The lowest BCUT2D eigenvalue weighted by Crippen LogP contribution is -2.14. The van der Waals surface area contributed by atoms with E-state index in [4.69, 9.17) is 5.73 Å². The second-order valence-electron chi connectivity index (χ2n) is 6.80. The van der Waals surface area contributed by atoms with Crippen LogP contribution in [-0.4, -0.2) is 15.9 Å². The van der Waals surface area contributed by atoms with Gasteiger partial charge >= 0.3 is 0 Å². The Morgan fingerprint density at radius 2 is 1.71 bits per heavy atom. The highest BCUT2D eigenvalue weighted by Crippen LogP contribution is 2.32. The number of fused-ring (bicyclic) bond motifs is 1. The number of nitrogens with two attached hydrogens (primary N) is 1. The van der Waals surface area contributed by atoms with Crippen LogP contribution in [0.4, 0.5) is 11.4 Å². The van der Waals surface area contributed by atoms with Crippen LogP contribution < -0.4 is 11.1 Å². The van der Waals surface area contributed by atoms with Crippen molar-refractivity contribution in [2.45, 2.75) is 13.8 Å². The Balaban J connectivity index is 1.85. The number of primary amides is 1. The zero-order valence-electron chi connectivity index (χ0n) is 15.7. The number of anilines is 2. The fraction of sp³-hybridized carbons (Fsp3) is 0.0870. The van der Waals surface area contributed by atoms with Crippen molar-refractivity contribution in [1.29, 1.82) is 0 Å². The van der Waals surface area contributed by atoms with Crippen molar-refractivity contribution in [2.75, 3.05) is 5.32 Å². The van der Waals surface area contributed by atoms with E-state index >= 15 is 0 Å². The number of amides is 1. The first-order valence-corrected chi connectivity index (χ1v) is 9.00. The first kappa shape index (κ1) is 17.7. The second kappa shape index (κ2) is 7.12. The van der Waals surface area contributed by atoms with E-state index in [1.807, 2.05) is 42.5 Å². The topological polar surface area (TPSA) is 80.9 Å². The molecule has 5 nitrogen and oxygen atoms in total. The maximum atomic E-state index is 12.0. The van der Waals surface area contributed by atoms with Crippen LogP contribution in [0.15, 0.2) is 67.1 Å². The van der Waals surface area contributed by atoms with Crippen molar-refractivity contribution in [3.8, 4) is 11.1 Å². The van der Waals surface area contributed by atoms with Crippen molar-refractivity contribution < 1.29 is 4.79 Å². The molecule has 0 aliphatic rings. The summed E-state index contributed by atoms with van der Waals surface area (Å²) in [5, 5.41) is 4.21. The van der Waals surface area contributed by atoms with E-state index in [9.17, 15) is 4.79 Å². The first-order chi connectivity index (χ1) is 13.5. The number of pyridine rings is 2. The Bertz CT molecular complexity index is 1190. The molecular weight excluding hydrogens is 348 g/mol. The molecule has 0 atom stereocenters. The van der Waals surface area contributed by atoms with Gasteiger partial charge in [-0.25, -0.2) is 0 Å². The number of hydrogen-bond acceptors (Lipinski definition) is 4. The molecule has 0 radical (unpaired) electrons. The first-order valence-electron chi connectivity index (χ1n) is 9.00. The van der Waals surface area contributed by atoms with Crippen molar-refractivity contribution >= 4 is 28.2 Å². The fourth-order valence-corrected chi connectivity index (χ4v) is 3.20. The Hall–Kier alpha value is -3.73. The maximum absolute atomic E-state index is 12.0. The predicted octanol–water partition coefficient (Wildman–Crippen LogP) is 4.76. The van der Waals surface area contributed by atoms with Gasteiger partial charge in [-0.15, -0.1) is 0 Å². The molecule has 3 N–H and O–H groups in total. The summed E-state index contributed by atoms with van der Waals surface area (Å²) < 4.78 is 0. The van der Waals surface area contributed by atoms with Crippen LogP contribution >= 0.6 is 0 Å². The van der Waals surface area contributed by atoms with E-state index in [-0.39, 0.29) is 0 Å². The number of aryl methyl sites for hydroxylation is 2. The Labute approximate surface area is 163 Å². The van der Waals surface area contributed by atoms with Crippen LogP contribution in [0.3, 0.4) is 0 Å². The molecule has 2 aromatic carbocycles. The van der Waals surface area contributed by atoms with Crippen LogP contribution in [0.25, 0.3) is 22.0 Å². The van der Waals surface area contributed by atoms with E-state index in [0.717, 1.165) is 27.7 Å². The molecule has 0 saturated carbocycles. The van der Waals surface area contributed by atoms with Crippen molar-refractivity contribution in [3.63, 3.8) is 0 Å². The molecular formula is C23H20N4O. The Morgan fingerprint density at radius 1 is 0.929 bits per heavy atom. The highest BCUT2D eigenvalue weighted by Gasteiger charge is 2.14. The van der Waals surface area contributed by atoms with Gasteiger partial charge in [0.1, 0.15) is 0 Å². The van der Waals surface area contributed by atoms with Gasteiger partial charge < -0.3 is 11.1 Å². The summed E-state index contributed by atoms with van der Waals surface area (Å²) in [5.74, 6) is -0.515. The highest BCUT2D eigenvalue weighted by molar-refractivity contribution is 6.08. The lowest BCUT2D eigenvalue weighted by molar-refractivity contribution is 0.100. The molecule has 0 fully saturated rings. The molecule has 5 heteroatoms. The number of rotatable bonds is 4. The third-order valence-corrected chi connectivity index (χ3v) is 4.92. The molecule has 2 heterocycles. The van der Waals surface area contributed by atoms with Gasteiger partial charge in [0.2, 0.25) is 0 Å². The summed E-state index contributed by atoms with van der Waals surface area (Å²) in [7, 11) is 0. The minimum absolute atomic E-state index is 0.363. The number of carbonyl (C=O) groups excluding carboxylic acids is 1. The molecule has 2 aromatic heterocycles. The number of nitrogens with one attached hydrogen (secondary N) is 1. The molecule has 0 spiro atoms. The van der Waals surface area contributed by atoms with Gasteiger partial charge in [0.15, 0.2) is 0 Å². The maximum Gasteiger partial charge on any atom is 0.252 e. The summed E-state index contributed by atoms with van der Waals surface area (Å²) in [6.45, 7) is 4.12. The van der Waals surface area contributed by atoms with Gasteiger partial charge in [-0.05, 0) is 66.4 Å². The summed E-state index contributed by atoms with van der Waals surface area (Å²) in [6, 6.07) is 16.0.